The Balaban J connectivity index is 2.45. The summed E-state index contributed by atoms with van der Waals surface area (Å²) in [4.78, 5) is 0. The molecule has 0 saturated carbocycles. The molecule has 3 nitrogen and oxygen atoms in total. The molecule has 0 saturated heterocycles. The fraction of sp³-hybridized carbons (Fsp3) is 0.182. The van der Waals surface area contributed by atoms with Crippen molar-refractivity contribution in [2.24, 2.45) is 0 Å². The van der Waals surface area contributed by atoms with Gasteiger partial charge in [-0.1, -0.05) is 23.7 Å². The van der Waals surface area contributed by atoms with Crippen molar-refractivity contribution in [2.45, 2.75) is 13.5 Å². The van der Waals surface area contributed by atoms with Gasteiger partial charge in [-0.05, 0) is 24.1 Å². The minimum absolute atomic E-state index is 0.0565. The Morgan fingerprint density at radius 1 is 1.47 bits per heavy atom. The molecule has 15 heavy (non-hydrogen) atoms. The van der Waals surface area contributed by atoms with E-state index in [9.17, 15) is 0 Å². The maximum atomic E-state index is 8.98. The highest BCUT2D eigenvalue weighted by Crippen LogP contribution is 2.17. The van der Waals surface area contributed by atoms with Crippen LogP contribution in [0, 0.1) is 6.92 Å². The molecule has 0 bridgehead atoms. The van der Waals surface area contributed by atoms with Gasteiger partial charge < -0.3 is 5.11 Å². The van der Waals surface area contributed by atoms with Crippen molar-refractivity contribution in [2.75, 3.05) is 0 Å². The predicted molar refractivity (Wildman–Crippen MR) is 59.2 cm³/mol. The van der Waals surface area contributed by atoms with Crippen molar-refractivity contribution in [1.29, 1.82) is 0 Å². The molecule has 1 N–H and O–H groups in total. The Hall–Kier alpha value is -1.32. The second-order valence-electron chi connectivity index (χ2n) is 3.38. The van der Waals surface area contributed by atoms with E-state index in [0.717, 1.165) is 16.8 Å². The van der Waals surface area contributed by atoms with Crippen LogP contribution in [0.3, 0.4) is 0 Å². The lowest BCUT2D eigenvalue weighted by atomic mass is 10.1. The molecule has 0 radical (unpaired) electrons. The van der Waals surface area contributed by atoms with Gasteiger partial charge in [-0.3, -0.25) is 0 Å². The second-order valence-corrected chi connectivity index (χ2v) is 3.82. The molecule has 0 unspecified atom stereocenters. The van der Waals surface area contributed by atoms with Crippen molar-refractivity contribution >= 4 is 11.6 Å². The first kappa shape index (κ1) is 10.2. The standard InChI is InChI=1S/C11H11ClN2O/c1-8-4-9(7-15)2-3-11(8)14-6-10(12)5-13-14/h2-6,15H,7H2,1H3. The molecule has 1 heterocycles. The molecule has 0 atom stereocenters. The lowest BCUT2D eigenvalue weighted by molar-refractivity contribution is 0.282. The lowest BCUT2D eigenvalue weighted by Gasteiger charge is -2.06. The summed E-state index contributed by atoms with van der Waals surface area (Å²) >= 11 is 5.80. The van der Waals surface area contributed by atoms with Gasteiger partial charge in [0.05, 0.1) is 23.5 Å². The van der Waals surface area contributed by atoms with Gasteiger partial charge >= 0.3 is 0 Å². The Morgan fingerprint density at radius 3 is 2.80 bits per heavy atom. The fourth-order valence-corrected chi connectivity index (χ4v) is 1.64. The van der Waals surface area contributed by atoms with Crippen molar-refractivity contribution in [1.82, 2.24) is 9.78 Å². The third kappa shape index (κ3) is 2.03. The molecule has 0 aliphatic heterocycles. The minimum Gasteiger partial charge on any atom is -0.392 e. The van der Waals surface area contributed by atoms with Crippen LogP contribution in [0.5, 0.6) is 0 Å². The summed E-state index contributed by atoms with van der Waals surface area (Å²) in [6, 6.07) is 5.73. The number of benzene rings is 1. The van der Waals surface area contributed by atoms with E-state index in [1.807, 2.05) is 25.1 Å². The maximum absolute atomic E-state index is 8.98. The highest BCUT2D eigenvalue weighted by Gasteiger charge is 2.03. The van der Waals surface area contributed by atoms with Gasteiger partial charge in [0, 0.05) is 6.20 Å². The Bertz CT molecular complexity index is 479. The summed E-state index contributed by atoms with van der Waals surface area (Å²) in [5.41, 5.74) is 2.93. The first-order chi connectivity index (χ1) is 7.20. The Kier molecular flexibility index (Phi) is 2.75. The van der Waals surface area contributed by atoms with Crippen molar-refractivity contribution in [3.8, 4) is 5.69 Å². The third-order valence-electron chi connectivity index (χ3n) is 2.24. The van der Waals surface area contributed by atoms with Gasteiger partial charge in [0.25, 0.3) is 0 Å². The van der Waals surface area contributed by atoms with E-state index in [4.69, 9.17) is 16.7 Å². The summed E-state index contributed by atoms with van der Waals surface area (Å²) in [5.74, 6) is 0. The quantitative estimate of drug-likeness (QED) is 0.847. The van der Waals surface area contributed by atoms with E-state index in [1.165, 1.54) is 0 Å². The van der Waals surface area contributed by atoms with Gasteiger partial charge in [-0.25, -0.2) is 4.68 Å². The van der Waals surface area contributed by atoms with Crippen LogP contribution in [-0.2, 0) is 6.61 Å². The van der Waals surface area contributed by atoms with Crippen LogP contribution in [0.2, 0.25) is 5.02 Å². The van der Waals surface area contributed by atoms with Gasteiger partial charge in [-0.2, -0.15) is 5.10 Å². The molecule has 0 amide bonds. The second kappa shape index (κ2) is 4.04. The fourth-order valence-electron chi connectivity index (χ4n) is 1.51. The van der Waals surface area contributed by atoms with Gasteiger partial charge in [0.2, 0.25) is 0 Å². The number of aromatic nitrogens is 2. The third-order valence-corrected chi connectivity index (χ3v) is 2.44. The number of hydrogen-bond donors (Lipinski definition) is 1. The van der Waals surface area contributed by atoms with Gasteiger partial charge in [0.15, 0.2) is 0 Å². The molecule has 78 valence electrons. The largest absolute Gasteiger partial charge is 0.392 e. The monoisotopic (exact) mass is 222 g/mol. The van der Waals surface area contributed by atoms with Crippen molar-refractivity contribution in [3.63, 3.8) is 0 Å². The van der Waals surface area contributed by atoms with Crippen molar-refractivity contribution < 1.29 is 5.11 Å². The number of aliphatic hydroxyl groups excluding tert-OH is 1. The van der Waals surface area contributed by atoms with E-state index in [2.05, 4.69) is 5.10 Å². The van der Waals surface area contributed by atoms with E-state index in [0.29, 0.717) is 5.02 Å². The zero-order chi connectivity index (χ0) is 10.8. The highest BCUT2D eigenvalue weighted by molar-refractivity contribution is 6.30. The van der Waals surface area contributed by atoms with Crippen LogP contribution in [-0.4, -0.2) is 14.9 Å². The summed E-state index contributed by atoms with van der Waals surface area (Å²) < 4.78 is 1.72. The van der Waals surface area contributed by atoms with E-state index in [1.54, 1.807) is 17.1 Å². The molecule has 0 aliphatic carbocycles. The van der Waals surface area contributed by atoms with Gasteiger partial charge in [0.1, 0.15) is 0 Å². The smallest absolute Gasteiger partial charge is 0.0790 e. The molecule has 1 aromatic heterocycles. The number of hydrogen-bond acceptors (Lipinski definition) is 2. The number of aryl methyl sites for hydroxylation is 1. The van der Waals surface area contributed by atoms with Gasteiger partial charge in [-0.15, -0.1) is 0 Å². The van der Waals surface area contributed by atoms with E-state index in [-0.39, 0.29) is 6.61 Å². The molecular formula is C11H11ClN2O. The molecule has 0 fully saturated rings. The molecule has 2 rings (SSSR count). The number of halogens is 1. The molecular weight excluding hydrogens is 212 g/mol. The van der Waals surface area contributed by atoms with E-state index >= 15 is 0 Å². The molecule has 2 aromatic rings. The average Bonchev–Trinajstić information content (AvgIpc) is 2.64. The maximum Gasteiger partial charge on any atom is 0.0790 e. The Morgan fingerprint density at radius 2 is 2.27 bits per heavy atom. The number of aliphatic hydroxyl groups is 1. The summed E-state index contributed by atoms with van der Waals surface area (Å²) in [6.45, 7) is 2.03. The van der Waals surface area contributed by atoms with Crippen LogP contribution in [0.25, 0.3) is 5.69 Å². The van der Waals surface area contributed by atoms with Crippen LogP contribution >= 0.6 is 11.6 Å². The Labute approximate surface area is 92.9 Å². The van der Waals surface area contributed by atoms with E-state index < -0.39 is 0 Å². The zero-order valence-electron chi connectivity index (χ0n) is 8.31. The normalized spacial score (nSPS) is 10.6. The predicted octanol–water partition coefficient (Wildman–Crippen LogP) is 2.33. The SMILES string of the molecule is Cc1cc(CO)ccc1-n1cc(Cl)cn1. The average molecular weight is 223 g/mol. The molecule has 4 heteroatoms. The molecule has 0 aliphatic rings. The number of nitrogens with zero attached hydrogens (tertiary/aromatic N) is 2. The first-order valence-electron chi connectivity index (χ1n) is 4.61. The van der Waals surface area contributed by atoms with Crippen LogP contribution in [0.15, 0.2) is 30.6 Å². The van der Waals surface area contributed by atoms with Crippen molar-refractivity contribution in [3.05, 3.63) is 46.7 Å². The number of rotatable bonds is 2. The van der Waals surface area contributed by atoms with Crippen LogP contribution in [0.4, 0.5) is 0 Å². The summed E-state index contributed by atoms with van der Waals surface area (Å²) in [5, 5.41) is 13.7. The lowest BCUT2D eigenvalue weighted by Crippen LogP contribution is -1.98. The van der Waals surface area contributed by atoms with Crippen LogP contribution < -0.4 is 0 Å². The summed E-state index contributed by atoms with van der Waals surface area (Å²) in [6.07, 6.45) is 3.35. The topological polar surface area (TPSA) is 38.0 Å². The first-order valence-corrected chi connectivity index (χ1v) is 4.99. The zero-order valence-corrected chi connectivity index (χ0v) is 9.07. The molecule has 1 aromatic carbocycles. The molecule has 0 spiro atoms. The minimum atomic E-state index is 0.0565. The summed E-state index contributed by atoms with van der Waals surface area (Å²) in [7, 11) is 0. The van der Waals surface area contributed by atoms with Crippen LogP contribution in [0.1, 0.15) is 11.1 Å². The highest BCUT2D eigenvalue weighted by atomic mass is 35.5.